The number of nitrogens with one attached hydrogen (secondary N) is 2. The van der Waals surface area contributed by atoms with Crippen molar-refractivity contribution in [2.24, 2.45) is 0 Å². The maximum Gasteiger partial charge on any atom is 0.119 e. The average Bonchev–Trinajstić information content (AvgIpc) is 2.97. The molecule has 2 aromatic carbocycles. The lowest BCUT2D eigenvalue weighted by atomic mass is 10.1. The number of aromatic amines is 1. The van der Waals surface area contributed by atoms with Crippen molar-refractivity contribution in [3.05, 3.63) is 65.9 Å². The number of rotatable bonds is 7. The normalized spacial score (nSPS) is 11.0. The molecule has 1 heterocycles. The Bertz CT molecular complexity index is 716. The fourth-order valence-corrected chi connectivity index (χ4v) is 2.66. The molecule has 0 aliphatic rings. The molecule has 2 N–H and O–H groups in total. The third kappa shape index (κ3) is 3.49. The van der Waals surface area contributed by atoms with Gasteiger partial charge in [-0.05, 0) is 49.2 Å². The van der Waals surface area contributed by atoms with Crippen molar-refractivity contribution in [1.82, 2.24) is 10.3 Å². The minimum Gasteiger partial charge on any atom is -0.494 e. The van der Waals surface area contributed by atoms with Crippen LogP contribution in [0.2, 0.25) is 0 Å². The van der Waals surface area contributed by atoms with Gasteiger partial charge >= 0.3 is 0 Å². The maximum absolute atomic E-state index is 5.45. The number of H-pyrrole nitrogens is 1. The summed E-state index contributed by atoms with van der Waals surface area (Å²) in [7, 11) is 0. The second kappa shape index (κ2) is 7.14. The van der Waals surface area contributed by atoms with E-state index in [9.17, 15) is 0 Å². The van der Waals surface area contributed by atoms with E-state index in [1.165, 1.54) is 22.0 Å². The zero-order valence-corrected chi connectivity index (χ0v) is 12.9. The number of para-hydroxylation sites is 1. The number of hydrogen-bond acceptors (Lipinski definition) is 2. The molecule has 0 unspecified atom stereocenters. The lowest BCUT2D eigenvalue weighted by Crippen LogP contribution is -2.16. The van der Waals surface area contributed by atoms with E-state index in [1.54, 1.807) is 0 Å². The van der Waals surface area contributed by atoms with Crippen molar-refractivity contribution in [3.8, 4) is 5.75 Å². The highest BCUT2D eigenvalue weighted by Crippen LogP contribution is 2.17. The molecular weight excluding hydrogens is 272 g/mol. The van der Waals surface area contributed by atoms with Gasteiger partial charge in [-0.15, -0.1) is 0 Å². The molecular formula is C19H22N2O. The van der Waals surface area contributed by atoms with E-state index < -0.39 is 0 Å². The van der Waals surface area contributed by atoms with Crippen LogP contribution in [0.5, 0.6) is 5.75 Å². The summed E-state index contributed by atoms with van der Waals surface area (Å²) in [5.41, 5.74) is 3.86. The Hall–Kier alpha value is -2.26. The molecule has 1 aromatic heterocycles. The molecule has 0 atom stereocenters. The topological polar surface area (TPSA) is 37.0 Å². The first kappa shape index (κ1) is 14.7. The van der Waals surface area contributed by atoms with Gasteiger partial charge in [0.05, 0.1) is 6.61 Å². The Labute approximate surface area is 131 Å². The Balaban J connectivity index is 1.49. The molecule has 3 heteroatoms. The first-order valence-corrected chi connectivity index (χ1v) is 7.84. The van der Waals surface area contributed by atoms with Gasteiger partial charge in [0, 0.05) is 23.6 Å². The highest BCUT2D eigenvalue weighted by molar-refractivity contribution is 5.83. The molecule has 0 spiro atoms. The number of ether oxygens (including phenoxy) is 1. The van der Waals surface area contributed by atoms with Crippen LogP contribution in [-0.2, 0) is 13.0 Å². The minimum absolute atomic E-state index is 0.711. The zero-order chi connectivity index (χ0) is 15.2. The Morgan fingerprint density at radius 3 is 2.68 bits per heavy atom. The highest BCUT2D eigenvalue weighted by Gasteiger charge is 2.02. The average molecular weight is 294 g/mol. The van der Waals surface area contributed by atoms with Crippen LogP contribution in [0.15, 0.2) is 54.7 Å². The van der Waals surface area contributed by atoms with Crippen molar-refractivity contribution >= 4 is 10.9 Å². The van der Waals surface area contributed by atoms with Crippen molar-refractivity contribution in [2.45, 2.75) is 19.9 Å². The van der Waals surface area contributed by atoms with Gasteiger partial charge in [-0.1, -0.05) is 30.3 Å². The van der Waals surface area contributed by atoms with Crippen molar-refractivity contribution in [1.29, 1.82) is 0 Å². The smallest absolute Gasteiger partial charge is 0.119 e. The molecule has 0 saturated carbocycles. The number of hydrogen-bond donors (Lipinski definition) is 2. The predicted molar refractivity (Wildman–Crippen MR) is 91.3 cm³/mol. The van der Waals surface area contributed by atoms with E-state index in [0.717, 1.165) is 25.3 Å². The quantitative estimate of drug-likeness (QED) is 0.648. The molecule has 0 bridgehead atoms. The molecule has 114 valence electrons. The Morgan fingerprint density at radius 1 is 1.05 bits per heavy atom. The van der Waals surface area contributed by atoms with E-state index >= 15 is 0 Å². The van der Waals surface area contributed by atoms with Gasteiger partial charge in [-0.25, -0.2) is 0 Å². The van der Waals surface area contributed by atoms with Crippen LogP contribution in [0.3, 0.4) is 0 Å². The molecule has 0 radical (unpaired) electrons. The molecule has 0 aliphatic carbocycles. The van der Waals surface area contributed by atoms with Gasteiger partial charge < -0.3 is 15.0 Å². The largest absolute Gasteiger partial charge is 0.494 e. The molecule has 0 amide bonds. The van der Waals surface area contributed by atoms with Crippen LogP contribution in [0.1, 0.15) is 18.1 Å². The fourth-order valence-electron chi connectivity index (χ4n) is 2.66. The van der Waals surface area contributed by atoms with Gasteiger partial charge in [0.25, 0.3) is 0 Å². The van der Waals surface area contributed by atoms with E-state index in [4.69, 9.17) is 4.74 Å². The van der Waals surface area contributed by atoms with Crippen molar-refractivity contribution < 1.29 is 4.74 Å². The van der Waals surface area contributed by atoms with Crippen LogP contribution in [0.25, 0.3) is 10.9 Å². The Morgan fingerprint density at radius 2 is 1.86 bits per heavy atom. The van der Waals surface area contributed by atoms with Crippen LogP contribution in [-0.4, -0.2) is 18.1 Å². The lowest BCUT2D eigenvalue weighted by molar-refractivity contribution is 0.340. The summed E-state index contributed by atoms with van der Waals surface area (Å²) in [4.78, 5) is 3.32. The molecule has 0 saturated heterocycles. The standard InChI is InChI=1S/C19H22N2O/c1-2-22-17-9-7-15(8-10-17)13-20-12-11-16-14-21-19-6-4-3-5-18(16)19/h3-10,14,20-21H,2,11-13H2,1H3. The van der Waals surface area contributed by atoms with Crippen molar-refractivity contribution in [3.63, 3.8) is 0 Å². The van der Waals surface area contributed by atoms with Gasteiger partial charge in [0.2, 0.25) is 0 Å². The summed E-state index contributed by atoms with van der Waals surface area (Å²) in [5.74, 6) is 0.935. The second-order valence-corrected chi connectivity index (χ2v) is 5.36. The minimum atomic E-state index is 0.711. The van der Waals surface area contributed by atoms with Gasteiger partial charge in [0.15, 0.2) is 0 Å². The van der Waals surface area contributed by atoms with Crippen molar-refractivity contribution in [2.75, 3.05) is 13.2 Å². The van der Waals surface area contributed by atoms with E-state index in [1.807, 2.05) is 19.1 Å². The third-order valence-electron chi connectivity index (χ3n) is 3.81. The van der Waals surface area contributed by atoms with Crippen LogP contribution in [0, 0.1) is 0 Å². The summed E-state index contributed by atoms with van der Waals surface area (Å²) < 4.78 is 5.45. The summed E-state index contributed by atoms with van der Waals surface area (Å²) >= 11 is 0. The van der Waals surface area contributed by atoms with Gasteiger partial charge in [0.1, 0.15) is 5.75 Å². The SMILES string of the molecule is CCOc1ccc(CNCCc2c[nH]c3ccccc23)cc1. The van der Waals surface area contributed by atoms with E-state index in [-0.39, 0.29) is 0 Å². The molecule has 0 aliphatic heterocycles. The summed E-state index contributed by atoms with van der Waals surface area (Å²) in [5, 5.41) is 4.83. The van der Waals surface area contributed by atoms with E-state index in [0.29, 0.717) is 6.61 Å². The number of aromatic nitrogens is 1. The monoisotopic (exact) mass is 294 g/mol. The van der Waals surface area contributed by atoms with Crippen LogP contribution >= 0.6 is 0 Å². The zero-order valence-electron chi connectivity index (χ0n) is 12.9. The lowest BCUT2D eigenvalue weighted by Gasteiger charge is -2.06. The van der Waals surface area contributed by atoms with Crippen LogP contribution < -0.4 is 10.1 Å². The molecule has 3 nitrogen and oxygen atoms in total. The molecule has 3 rings (SSSR count). The molecule has 0 fully saturated rings. The van der Waals surface area contributed by atoms with Gasteiger partial charge in [-0.2, -0.15) is 0 Å². The maximum atomic E-state index is 5.45. The first-order valence-electron chi connectivity index (χ1n) is 7.84. The molecule has 22 heavy (non-hydrogen) atoms. The number of fused-ring (bicyclic) bond motifs is 1. The third-order valence-corrected chi connectivity index (χ3v) is 3.81. The summed E-state index contributed by atoms with van der Waals surface area (Å²) in [6.07, 6.45) is 3.14. The Kier molecular flexibility index (Phi) is 4.76. The number of benzene rings is 2. The summed E-state index contributed by atoms with van der Waals surface area (Å²) in [6, 6.07) is 16.7. The summed E-state index contributed by atoms with van der Waals surface area (Å²) in [6.45, 7) is 4.56. The molecule has 3 aromatic rings. The van der Waals surface area contributed by atoms with Gasteiger partial charge in [-0.3, -0.25) is 0 Å². The van der Waals surface area contributed by atoms with Crippen LogP contribution in [0.4, 0.5) is 0 Å². The predicted octanol–water partition coefficient (Wildman–Crippen LogP) is 3.90. The first-order chi connectivity index (χ1) is 10.9. The fraction of sp³-hybridized carbons (Fsp3) is 0.263. The highest BCUT2D eigenvalue weighted by atomic mass is 16.5. The second-order valence-electron chi connectivity index (χ2n) is 5.36. The van der Waals surface area contributed by atoms with E-state index in [2.05, 4.69) is 52.9 Å².